The average molecular weight is 322 g/mol. The maximum atomic E-state index is 11.3. The predicted molar refractivity (Wildman–Crippen MR) is 91.9 cm³/mol. The minimum Gasteiger partial charge on any atom is -0.494 e. The topological polar surface area (TPSA) is 55.8 Å². The van der Waals surface area contributed by atoms with Crippen molar-refractivity contribution >= 4 is 5.97 Å². The summed E-state index contributed by atoms with van der Waals surface area (Å²) in [7, 11) is 1.38. The van der Waals surface area contributed by atoms with E-state index in [0.29, 0.717) is 18.8 Å². The van der Waals surface area contributed by atoms with Crippen LogP contribution in [-0.4, -0.2) is 31.4 Å². The lowest BCUT2D eigenvalue weighted by atomic mass is 10.1. The molecule has 130 valence electrons. The molecule has 0 aliphatic heterocycles. The summed E-state index contributed by atoms with van der Waals surface area (Å²) >= 11 is 0. The van der Waals surface area contributed by atoms with E-state index in [0.717, 1.165) is 25.0 Å². The molecule has 0 saturated carbocycles. The molecule has 1 aromatic carbocycles. The van der Waals surface area contributed by atoms with Crippen LogP contribution >= 0.6 is 0 Å². The van der Waals surface area contributed by atoms with Gasteiger partial charge >= 0.3 is 5.97 Å². The molecule has 1 aromatic rings. The van der Waals surface area contributed by atoms with Crippen molar-refractivity contribution in [3.63, 3.8) is 0 Å². The van der Waals surface area contributed by atoms with Gasteiger partial charge in [0.05, 0.1) is 19.3 Å². The van der Waals surface area contributed by atoms with Gasteiger partial charge in [0, 0.05) is 6.61 Å². The van der Waals surface area contributed by atoms with E-state index in [1.165, 1.54) is 45.6 Å². The van der Waals surface area contributed by atoms with Crippen LogP contribution in [0.5, 0.6) is 5.75 Å². The predicted octanol–water partition coefficient (Wildman–Crippen LogP) is 4.36. The van der Waals surface area contributed by atoms with Gasteiger partial charge in [-0.05, 0) is 37.1 Å². The Kier molecular flexibility index (Phi) is 11.0. The fourth-order valence-electron chi connectivity index (χ4n) is 2.45. The second-order valence-corrected chi connectivity index (χ2v) is 5.77. The van der Waals surface area contributed by atoms with Crippen molar-refractivity contribution in [2.24, 2.45) is 0 Å². The van der Waals surface area contributed by atoms with Gasteiger partial charge in [-0.3, -0.25) is 0 Å². The standard InChI is InChI=1S/C19H30O4/c1-22-19(21)17-11-13-18(14-12-17)23-16-10-8-6-4-2-3-5-7-9-15-20/h11-14,20H,2-10,15-16H2,1H3. The number of hydrogen-bond acceptors (Lipinski definition) is 4. The van der Waals surface area contributed by atoms with Crippen molar-refractivity contribution in [1.82, 2.24) is 0 Å². The van der Waals surface area contributed by atoms with E-state index in [1.807, 2.05) is 0 Å². The number of benzene rings is 1. The highest BCUT2D eigenvalue weighted by molar-refractivity contribution is 5.89. The number of ether oxygens (including phenoxy) is 2. The number of unbranched alkanes of at least 4 members (excludes halogenated alkanes) is 8. The third-order valence-corrected chi connectivity index (χ3v) is 3.85. The zero-order valence-electron chi connectivity index (χ0n) is 14.3. The van der Waals surface area contributed by atoms with E-state index >= 15 is 0 Å². The molecular weight excluding hydrogens is 292 g/mol. The largest absolute Gasteiger partial charge is 0.494 e. The molecular formula is C19H30O4. The molecule has 4 nitrogen and oxygen atoms in total. The summed E-state index contributed by atoms with van der Waals surface area (Å²) in [6.45, 7) is 1.04. The van der Waals surface area contributed by atoms with Gasteiger partial charge in [0.15, 0.2) is 0 Å². The van der Waals surface area contributed by atoms with E-state index in [2.05, 4.69) is 4.74 Å². The van der Waals surface area contributed by atoms with Gasteiger partial charge in [0.1, 0.15) is 5.75 Å². The SMILES string of the molecule is COC(=O)c1ccc(OCCCCCCCCCCCO)cc1. The lowest BCUT2D eigenvalue weighted by molar-refractivity contribution is 0.0600. The van der Waals surface area contributed by atoms with Gasteiger partial charge in [-0.15, -0.1) is 0 Å². The first-order chi connectivity index (χ1) is 11.3. The molecule has 1 rings (SSSR count). The summed E-state index contributed by atoms with van der Waals surface area (Å²) in [5.74, 6) is 0.467. The van der Waals surface area contributed by atoms with Crippen LogP contribution in [-0.2, 0) is 4.74 Å². The summed E-state index contributed by atoms with van der Waals surface area (Å²) < 4.78 is 10.3. The molecule has 0 aliphatic rings. The number of carbonyl (C=O) groups is 1. The van der Waals surface area contributed by atoms with E-state index in [4.69, 9.17) is 9.84 Å². The minimum atomic E-state index is -0.326. The monoisotopic (exact) mass is 322 g/mol. The number of methoxy groups -OCH3 is 1. The third-order valence-electron chi connectivity index (χ3n) is 3.85. The number of aliphatic hydroxyl groups is 1. The van der Waals surface area contributed by atoms with Crippen LogP contribution in [0.2, 0.25) is 0 Å². The van der Waals surface area contributed by atoms with Gasteiger partial charge in [-0.1, -0.05) is 44.9 Å². The van der Waals surface area contributed by atoms with Crippen molar-refractivity contribution in [1.29, 1.82) is 0 Å². The molecule has 4 heteroatoms. The van der Waals surface area contributed by atoms with E-state index in [1.54, 1.807) is 24.3 Å². The smallest absolute Gasteiger partial charge is 0.337 e. The maximum absolute atomic E-state index is 11.3. The van der Waals surface area contributed by atoms with Crippen LogP contribution in [0.1, 0.15) is 68.1 Å². The van der Waals surface area contributed by atoms with Crippen LogP contribution in [0.3, 0.4) is 0 Å². The summed E-state index contributed by atoms with van der Waals surface area (Å²) in [4.78, 5) is 11.3. The van der Waals surface area contributed by atoms with Crippen molar-refractivity contribution in [2.75, 3.05) is 20.3 Å². The first kappa shape index (κ1) is 19.5. The summed E-state index contributed by atoms with van der Waals surface area (Å²) in [6.07, 6.45) is 10.7. The van der Waals surface area contributed by atoms with Gasteiger partial charge in [-0.25, -0.2) is 4.79 Å². The van der Waals surface area contributed by atoms with Crippen LogP contribution in [0.4, 0.5) is 0 Å². The number of hydrogen-bond donors (Lipinski definition) is 1. The maximum Gasteiger partial charge on any atom is 0.337 e. The molecule has 1 N–H and O–H groups in total. The fraction of sp³-hybridized carbons (Fsp3) is 0.632. The number of esters is 1. The molecule has 0 aromatic heterocycles. The van der Waals surface area contributed by atoms with Crippen molar-refractivity contribution in [2.45, 2.75) is 57.8 Å². The molecule has 23 heavy (non-hydrogen) atoms. The van der Waals surface area contributed by atoms with E-state index < -0.39 is 0 Å². The molecule has 0 spiro atoms. The van der Waals surface area contributed by atoms with Crippen LogP contribution in [0.15, 0.2) is 24.3 Å². The highest BCUT2D eigenvalue weighted by Crippen LogP contribution is 2.14. The Labute approximate surface area is 139 Å². The molecule has 0 aliphatic carbocycles. The van der Waals surface area contributed by atoms with Crippen LogP contribution in [0, 0.1) is 0 Å². The Balaban J connectivity index is 1.97. The molecule has 0 unspecified atom stereocenters. The Hall–Kier alpha value is -1.55. The molecule has 0 bridgehead atoms. The molecule has 0 atom stereocenters. The van der Waals surface area contributed by atoms with Crippen LogP contribution in [0.25, 0.3) is 0 Å². The fourth-order valence-corrected chi connectivity index (χ4v) is 2.45. The Morgan fingerprint density at radius 3 is 1.91 bits per heavy atom. The first-order valence-electron chi connectivity index (χ1n) is 8.70. The average Bonchev–Trinajstić information content (AvgIpc) is 2.59. The lowest BCUT2D eigenvalue weighted by Gasteiger charge is -2.07. The summed E-state index contributed by atoms with van der Waals surface area (Å²) in [5.41, 5.74) is 0.541. The van der Waals surface area contributed by atoms with Crippen molar-refractivity contribution in [3.8, 4) is 5.75 Å². The van der Waals surface area contributed by atoms with Gasteiger partial charge in [0.2, 0.25) is 0 Å². The second-order valence-electron chi connectivity index (χ2n) is 5.77. The number of aliphatic hydroxyl groups excluding tert-OH is 1. The third kappa shape index (κ3) is 9.24. The molecule has 0 fully saturated rings. The molecule has 0 amide bonds. The molecule has 0 radical (unpaired) electrons. The van der Waals surface area contributed by atoms with Crippen LogP contribution < -0.4 is 4.74 Å². The van der Waals surface area contributed by atoms with Crippen molar-refractivity contribution < 1.29 is 19.4 Å². The highest BCUT2D eigenvalue weighted by atomic mass is 16.5. The van der Waals surface area contributed by atoms with Gasteiger partial charge < -0.3 is 14.6 Å². The zero-order chi connectivity index (χ0) is 16.8. The second kappa shape index (κ2) is 12.9. The molecule has 0 saturated heterocycles. The summed E-state index contributed by atoms with van der Waals surface area (Å²) in [5, 5.41) is 8.69. The highest BCUT2D eigenvalue weighted by Gasteiger charge is 2.04. The Bertz CT molecular complexity index is 414. The number of rotatable bonds is 13. The lowest BCUT2D eigenvalue weighted by Crippen LogP contribution is -2.01. The zero-order valence-corrected chi connectivity index (χ0v) is 14.3. The molecule has 0 heterocycles. The normalized spacial score (nSPS) is 10.5. The summed E-state index contributed by atoms with van der Waals surface area (Å²) in [6, 6.07) is 7.05. The van der Waals surface area contributed by atoms with Gasteiger partial charge in [0.25, 0.3) is 0 Å². The Morgan fingerprint density at radius 1 is 0.870 bits per heavy atom. The quantitative estimate of drug-likeness (QED) is 0.433. The number of carbonyl (C=O) groups excluding carboxylic acids is 1. The first-order valence-corrected chi connectivity index (χ1v) is 8.70. The van der Waals surface area contributed by atoms with Gasteiger partial charge in [-0.2, -0.15) is 0 Å². The van der Waals surface area contributed by atoms with E-state index in [-0.39, 0.29) is 5.97 Å². The van der Waals surface area contributed by atoms with Crippen molar-refractivity contribution in [3.05, 3.63) is 29.8 Å². The van der Waals surface area contributed by atoms with E-state index in [9.17, 15) is 4.79 Å². The minimum absolute atomic E-state index is 0.325. The Morgan fingerprint density at radius 2 is 1.39 bits per heavy atom.